The van der Waals surface area contributed by atoms with Gasteiger partial charge in [-0.2, -0.15) is 0 Å². The van der Waals surface area contributed by atoms with Gasteiger partial charge in [0.2, 0.25) is 6.41 Å². The number of nitro groups is 1. The molecule has 0 bridgehead atoms. The molecule has 11 heteroatoms. The van der Waals surface area contributed by atoms with Crippen molar-refractivity contribution in [3.05, 3.63) is 85.4 Å². The fourth-order valence-corrected chi connectivity index (χ4v) is 4.28. The first-order valence-electron chi connectivity index (χ1n) is 10.3. The molecule has 0 saturated heterocycles. The number of methoxy groups -OCH3 is 1. The molecule has 35 heavy (non-hydrogen) atoms. The Bertz CT molecular complexity index is 1650. The van der Waals surface area contributed by atoms with Crippen LogP contribution in [0.2, 0.25) is 0 Å². The maximum absolute atomic E-state index is 12.9. The number of imidazole rings is 1. The average molecular weight is 493 g/mol. The lowest BCUT2D eigenvalue weighted by Gasteiger charge is -2.05. The zero-order chi connectivity index (χ0) is 25.1. The number of carbonyl (C=O) groups is 1. The lowest BCUT2D eigenvalue weighted by Crippen LogP contribution is -2.22. The number of nitrogens with zero attached hydrogens (tertiary/aromatic N) is 4. The smallest absolute Gasteiger partial charge is 0.275 e. The topological polar surface area (TPSA) is 120 Å². The first kappa shape index (κ1) is 23.6. The Morgan fingerprint density at radius 1 is 1.17 bits per heavy atom. The van der Waals surface area contributed by atoms with Crippen LogP contribution in [0.25, 0.3) is 33.4 Å². The van der Waals surface area contributed by atoms with Crippen molar-refractivity contribution < 1.29 is 18.9 Å². The number of hydrogen-bond donors (Lipinski definition) is 0. The van der Waals surface area contributed by atoms with Crippen LogP contribution in [0.3, 0.4) is 0 Å². The number of amides is 1. The molecule has 0 radical (unpaired) electrons. The van der Waals surface area contributed by atoms with E-state index in [1.165, 1.54) is 35.5 Å². The summed E-state index contributed by atoms with van der Waals surface area (Å²) >= 11 is 1.29. The summed E-state index contributed by atoms with van der Waals surface area (Å²) in [6.07, 6.45) is 2.41. The third-order valence-corrected chi connectivity index (χ3v) is 5.89. The molecule has 0 aliphatic rings. The standard InChI is InChI=1S/C21H13N3O5S.C3H7NO/c1-28-18-10-12(24(26)27)6-8-14(18)17-9-7-13(29-17)11-19-20(25)23-16-5-3-2-4-15(16)22-21(23)30-19;1-4(2)3-5/h2-11H,1H3;3H,1-2H3/b19-11-;. The van der Waals surface area contributed by atoms with Crippen LogP contribution in [-0.4, -0.2) is 46.8 Å². The van der Waals surface area contributed by atoms with Gasteiger partial charge in [-0.3, -0.25) is 19.7 Å². The van der Waals surface area contributed by atoms with Gasteiger partial charge >= 0.3 is 0 Å². The maximum atomic E-state index is 12.9. The molecule has 5 aromatic rings. The molecular weight excluding hydrogens is 472 g/mol. The van der Waals surface area contributed by atoms with Crippen LogP contribution in [-0.2, 0) is 4.79 Å². The van der Waals surface area contributed by atoms with E-state index in [1.807, 2.05) is 24.3 Å². The summed E-state index contributed by atoms with van der Waals surface area (Å²) in [5, 5.41) is 11.0. The number of ether oxygens (including phenoxy) is 1. The van der Waals surface area contributed by atoms with Gasteiger partial charge < -0.3 is 14.1 Å². The third-order valence-electron chi connectivity index (χ3n) is 4.92. The number of thiazole rings is 1. The fourth-order valence-electron chi connectivity index (χ4n) is 3.31. The predicted octanol–water partition coefficient (Wildman–Crippen LogP) is 3.34. The Morgan fingerprint density at radius 2 is 1.91 bits per heavy atom. The Morgan fingerprint density at radius 3 is 2.60 bits per heavy atom. The summed E-state index contributed by atoms with van der Waals surface area (Å²) in [7, 11) is 4.81. The largest absolute Gasteiger partial charge is 0.496 e. The lowest BCUT2D eigenvalue weighted by molar-refractivity contribution is -0.384. The number of benzene rings is 2. The number of fused-ring (bicyclic) bond motifs is 3. The molecule has 0 atom stereocenters. The average Bonchev–Trinajstić information content (AvgIpc) is 3.54. The second-order valence-electron chi connectivity index (χ2n) is 7.55. The van der Waals surface area contributed by atoms with Gasteiger partial charge in [-0.15, -0.1) is 0 Å². The highest BCUT2D eigenvalue weighted by atomic mass is 32.1. The molecule has 3 aromatic heterocycles. The Hall–Kier alpha value is -4.51. The third kappa shape index (κ3) is 4.75. The molecule has 178 valence electrons. The highest BCUT2D eigenvalue weighted by Gasteiger charge is 2.16. The molecule has 0 N–H and O–H groups in total. The van der Waals surface area contributed by atoms with Crippen LogP contribution in [0.5, 0.6) is 5.75 Å². The summed E-state index contributed by atoms with van der Waals surface area (Å²) in [5.74, 6) is 1.29. The number of para-hydroxylation sites is 2. The van der Waals surface area contributed by atoms with E-state index in [0.717, 1.165) is 17.4 Å². The predicted molar refractivity (Wildman–Crippen MR) is 133 cm³/mol. The van der Waals surface area contributed by atoms with Crippen molar-refractivity contribution in [1.29, 1.82) is 0 Å². The van der Waals surface area contributed by atoms with Crippen molar-refractivity contribution in [2.45, 2.75) is 0 Å². The van der Waals surface area contributed by atoms with Crippen LogP contribution < -0.4 is 14.8 Å². The zero-order valence-electron chi connectivity index (χ0n) is 19.0. The Labute approximate surface area is 202 Å². The van der Waals surface area contributed by atoms with Crippen molar-refractivity contribution in [3.63, 3.8) is 0 Å². The van der Waals surface area contributed by atoms with Crippen LogP contribution in [0.4, 0.5) is 5.69 Å². The van der Waals surface area contributed by atoms with Crippen LogP contribution in [0.1, 0.15) is 5.76 Å². The molecule has 3 heterocycles. The molecule has 0 aliphatic heterocycles. The second-order valence-corrected chi connectivity index (χ2v) is 8.56. The normalized spacial score (nSPS) is 11.3. The summed E-state index contributed by atoms with van der Waals surface area (Å²) in [5.41, 5.74) is 1.90. The van der Waals surface area contributed by atoms with Crippen LogP contribution in [0, 0.1) is 10.1 Å². The zero-order valence-corrected chi connectivity index (χ0v) is 19.8. The summed E-state index contributed by atoms with van der Waals surface area (Å²) < 4.78 is 13.2. The summed E-state index contributed by atoms with van der Waals surface area (Å²) in [6, 6.07) is 15.2. The van der Waals surface area contributed by atoms with E-state index in [9.17, 15) is 19.7 Å². The van der Waals surface area contributed by atoms with Crippen molar-refractivity contribution in [2.24, 2.45) is 0 Å². The van der Waals surface area contributed by atoms with Gasteiger partial charge in [-0.1, -0.05) is 23.5 Å². The van der Waals surface area contributed by atoms with Gasteiger partial charge in [0, 0.05) is 26.2 Å². The van der Waals surface area contributed by atoms with Crippen molar-refractivity contribution in [2.75, 3.05) is 21.2 Å². The van der Waals surface area contributed by atoms with Crippen LogP contribution in [0.15, 0.2) is 63.8 Å². The molecular formula is C24H20N4O6S. The van der Waals surface area contributed by atoms with E-state index in [4.69, 9.17) is 9.15 Å². The minimum Gasteiger partial charge on any atom is -0.496 e. The van der Waals surface area contributed by atoms with Gasteiger partial charge in [0.1, 0.15) is 21.8 Å². The number of nitro benzene ring substituents is 1. The van der Waals surface area contributed by atoms with Gasteiger partial charge in [0.05, 0.1) is 34.7 Å². The maximum Gasteiger partial charge on any atom is 0.275 e. The molecule has 0 spiro atoms. The van der Waals surface area contributed by atoms with Crippen molar-refractivity contribution in [3.8, 4) is 17.1 Å². The molecule has 10 nitrogen and oxygen atoms in total. The van der Waals surface area contributed by atoms with Gasteiger partial charge in [0.15, 0.2) is 4.96 Å². The summed E-state index contributed by atoms with van der Waals surface area (Å²) in [6.45, 7) is 0. The number of aromatic nitrogens is 2. The highest BCUT2D eigenvalue weighted by Crippen LogP contribution is 2.34. The fraction of sp³-hybridized carbons (Fsp3) is 0.125. The molecule has 0 saturated carbocycles. The van der Waals surface area contributed by atoms with E-state index in [1.54, 1.807) is 42.8 Å². The summed E-state index contributed by atoms with van der Waals surface area (Å²) in [4.78, 5) is 39.3. The number of furan rings is 1. The van der Waals surface area contributed by atoms with Gasteiger partial charge in [-0.05, 0) is 30.3 Å². The monoisotopic (exact) mass is 492 g/mol. The SMILES string of the molecule is CN(C)C=O.COc1cc([N+](=O)[O-])ccc1-c1ccc(/C=c2\sc3nc4ccccc4n3c2=O)o1. The van der Waals surface area contributed by atoms with Gasteiger partial charge in [0.25, 0.3) is 11.2 Å². The van der Waals surface area contributed by atoms with E-state index in [-0.39, 0.29) is 11.2 Å². The van der Waals surface area contributed by atoms with E-state index in [2.05, 4.69) is 4.98 Å². The quantitative estimate of drug-likeness (QED) is 0.210. The van der Waals surface area contributed by atoms with E-state index in [0.29, 0.717) is 32.3 Å². The molecule has 1 amide bonds. The second kappa shape index (κ2) is 9.77. The minimum absolute atomic E-state index is 0.0703. The van der Waals surface area contributed by atoms with Crippen molar-refractivity contribution >= 4 is 45.5 Å². The lowest BCUT2D eigenvalue weighted by atomic mass is 10.1. The van der Waals surface area contributed by atoms with Gasteiger partial charge in [-0.25, -0.2) is 9.38 Å². The van der Waals surface area contributed by atoms with E-state index < -0.39 is 4.92 Å². The molecule has 2 aromatic carbocycles. The minimum atomic E-state index is -0.486. The molecule has 0 fully saturated rings. The van der Waals surface area contributed by atoms with E-state index >= 15 is 0 Å². The Balaban J connectivity index is 0.000000527. The van der Waals surface area contributed by atoms with Crippen molar-refractivity contribution in [1.82, 2.24) is 14.3 Å². The van der Waals surface area contributed by atoms with Crippen LogP contribution >= 0.6 is 11.3 Å². The highest BCUT2D eigenvalue weighted by molar-refractivity contribution is 7.15. The number of rotatable bonds is 5. The Kier molecular flexibility index (Phi) is 6.60. The number of non-ortho nitro benzene ring substituents is 1. The molecule has 0 aliphatic carbocycles. The first-order valence-corrected chi connectivity index (χ1v) is 11.1. The number of hydrogen-bond acceptors (Lipinski definition) is 8. The molecule has 5 rings (SSSR count). The molecule has 0 unspecified atom stereocenters. The first-order chi connectivity index (χ1) is 16.8. The number of carbonyl (C=O) groups excluding carboxylic acids is 1.